The van der Waals surface area contributed by atoms with Crippen molar-refractivity contribution in [3.05, 3.63) is 102 Å². The average Bonchev–Trinajstić information content (AvgIpc) is 2.81. The highest BCUT2D eigenvalue weighted by molar-refractivity contribution is 5.80. The number of carbonyl (C=O) groups is 1. The number of hydrogen-bond acceptors (Lipinski definition) is 3. The first kappa shape index (κ1) is 21.6. The molecule has 1 amide bonds. The van der Waals surface area contributed by atoms with E-state index in [1.165, 1.54) is 11.1 Å². The quantitative estimate of drug-likeness (QED) is 0.493. The molecule has 4 heteroatoms. The van der Waals surface area contributed by atoms with Crippen molar-refractivity contribution >= 4 is 11.6 Å². The second-order valence-corrected chi connectivity index (χ2v) is 7.37. The second kappa shape index (κ2) is 11.2. The van der Waals surface area contributed by atoms with Gasteiger partial charge in [-0.2, -0.15) is 0 Å². The zero-order valence-corrected chi connectivity index (χ0v) is 17.7. The van der Waals surface area contributed by atoms with E-state index in [2.05, 4.69) is 59.2 Å². The Morgan fingerprint density at radius 2 is 1.47 bits per heavy atom. The predicted molar refractivity (Wildman–Crippen MR) is 123 cm³/mol. The molecule has 1 atom stereocenters. The number of anilines is 1. The maximum absolute atomic E-state index is 12.3. The van der Waals surface area contributed by atoms with Gasteiger partial charge in [0, 0.05) is 25.3 Å². The molecule has 0 aliphatic carbocycles. The highest BCUT2D eigenvalue weighted by atomic mass is 16.5. The van der Waals surface area contributed by atoms with Gasteiger partial charge in [-0.15, -0.1) is 0 Å². The Balaban J connectivity index is 1.52. The molecule has 0 radical (unpaired) electrons. The van der Waals surface area contributed by atoms with Gasteiger partial charge in [-0.3, -0.25) is 4.79 Å². The first-order valence-electron chi connectivity index (χ1n) is 10.4. The van der Waals surface area contributed by atoms with E-state index >= 15 is 0 Å². The van der Waals surface area contributed by atoms with E-state index in [1.807, 2.05) is 43.3 Å². The van der Waals surface area contributed by atoms with Crippen molar-refractivity contribution in [1.29, 1.82) is 0 Å². The summed E-state index contributed by atoms with van der Waals surface area (Å²) < 4.78 is 5.36. The molecule has 0 aliphatic rings. The predicted octanol–water partition coefficient (Wildman–Crippen LogP) is 5.14. The van der Waals surface area contributed by atoms with E-state index < -0.39 is 0 Å². The fraction of sp³-hybridized carbons (Fsp3) is 0.269. The maximum Gasteiger partial charge on any atom is 0.239 e. The minimum Gasteiger partial charge on any atom is -0.377 e. The first-order chi connectivity index (χ1) is 14.7. The molecule has 0 aliphatic heterocycles. The molecular formula is C26H30N2O2. The zero-order chi connectivity index (χ0) is 21.2. The number of nitrogens with one attached hydrogen (secondary N) is 2. The topological polar surface area (TPSA) is 50.4 Å². The van der Waals surface area contributed by atoms with Crippen molar-refractivity contribution in [3.8, 4) is 0 Å². The van der Waals surface area contributed by atoms with Gasteiger partial charge >= 0.3 is 0 Å². The number of hydrogen-bond donors (Lipinski definition) is 2. The maximum atomic E-state index is 12.3. The van der Waals surface area contributed by atoms with Gasteiger partial charge in [0.1, 0.15) is 0 Å². The normalized spacial score (nSPS) is 11.8. The molecule has 0 bridgehead atoms. The van der Waals surface area contributed by atoms with Gasteiger partial charge in [0.25, 0.3) is 0 Å². The smallest absolute Gasteiger partial charge is 0.239 e. The Morgan fingerprint density at radius 1 is 0.867 bits per heavy atom. The van der Waals surface area contributed by atoms with E-state index in [-0.39, 0.29) is 24.5 Å². The fourth-order valence-corrected chi connectivity index (χ4v) is 3.53. The van der Waals surface area contributed by atoms with E-state index in [4.69, 9.17) is 4.74 Å². The van der Waals surface area contributed by atoms with E-state index in [1.54, 1.807) is 7.11 Å². The molecule has 30 heavy (non-hydrogen) atoms. The first-order valence-corrected chi connectivity index (χ1v) is 10.4. The number of benzene rings is 3. The summed E-state index contributed by atoms with van der Waals surface area (Å²) in [5, 5.41) is 6.24. The number of ether oxygens (including phenoxy) is 1. The number of amides is 1. The van der Waals surface area contributed by atoms with Crippen LogP contribution in [-0.2, 0) is 9.53 Å². The molecule has 3 aromatic rings. The van der Waals surface area contributed by atoms with Crippen molar-refractivity contribution in [1.82, 2.24) is 5.32 Å². The molecule has 0 heterocycles. The van der Waals surface area contributed by atoms with Gasteiger partial charge in [-0.25, -0.2) is 0 Å². The second-order valence-electron chi connectivity index (χ2n) is 7.37. The molecule has 3 rings (SSSR count). The summed E-state index contributed by atoms with van der Waals surface area (Å²) in [5.74, 6) is 0.243. The van der Waals surface area contributed by atoms with Crippen molar-refractivity contribution in [3.63, 3.8) is 0 Å². The monoisotopic (exact) mass is 402 g/mol. The molecule has 2 N–H and O–H groups in total. The molecule has 156 valence electrons. The highest BCUT2D eigenvalue weighted by Crippen LogP contribution is 2.27. The van der Waals surface area contributed by atoms with E-state index in [0.29, 0.717) is 6.54 Å². The Bertz CT molecular complexity index is 873. The van der Waals surface area contributed by atoms with Gasteiger partial charge in [0.05, 0.1) is 12.6 Å². The van der Waals surface area contributed by atoms with Crippen LogP contribution in [0.25, 0.3) is 0 Å². The summed E-state index contributed by atoms with van der Waals surface area (Å²) in [7, 11) is 1.69. The lowest BCUT2D eigenvalue weighted by atomic mass is 9.88. The minimum absolute atomic E-state index is 0.0138. The molecule has 0 spiro atoms. The minimum atomic E-state index is -0.0138. The van der Waals surface area contributed by atoms with Crippen molar-refractivity contribution in [2.24, 2.45) is 0 Å². The molecule has 3 aromatic carbocycles. The van der Waals surface area contributed by atoms with Gasteiger partial charge < -0.3 is 15.4 Å². The standard InChI is InChI=1S/C26H30N2O2/c1-20(30-2)23-14-9-15-24(18-23)28-19-26(29)27-17-16-25(21-10-5-3-6-11-21)22-12-7-4-8-13-22/h3-15,18,20,25,28H,16-17,19H2,1-2H3,(H,27,29). The molecule has 1 unspecified atom stereocenters. The van der Waals surface area contributed by atoms with Crippen LogP contribution in [0.2, 0.25) is 0 Å². The lowest BCUT2D eigenvalue weighted by Gasteiger charge is -2.18. The van der Waals surface area contributed by atoms with Crippen LogP contribution < -0.4 is 10.6 Å². The number of rotatable bonds is 10. The van der Waals surface area contributed by atoms with E-state index in [0.717, 1.165) is 17.7 Å². The third-order valence-corrected chi connectivity index (χ3v) is 5.32. The van der Waals surface area contributed by atoms with Crippen molar-refractivity contribution < 1.29 is 9.53 Å². The zero-order valence-electron chi connectivity index (χ0n) is 17.7. The molecule has 0 fully saturated rings. The third-order valence-electron chi connectivity index (χ3n) is 5.32. The fourth-order valence-electron chi connectivity index (χ4n) is 3.53. The summed E-state index contributed by atoms with van der Waals surface area (Å²) in [6.45, 7) is 2.86. The molecule has 0 aromatic heterocycles. The van der Waals surface area contributed by atoms with E-state index in [9.17, 15) is 4.79 Å². The summed E-state index contributed by atoms with van der Waals surface area (Å²) in [6.07, 6.45) is 0.870. The summed E-state index contributed by atoms with van der Waals surface area (Å²) in [6, 6.07) is 28.9. The molecule has 0 saturated carbocycles. The Morgan fingerprint density at radius 3 is 2.07 bits per heavy atom. The van der Waals surface area contributed by atoms with Gasteiger partial charge in [-0.05, 0) is 42.2 Å². The summed E-state index contributed by atoms with van der Waals surface area (Å²) >= 11 is 0. The van der Waals surface area contributed by atoms with Crippen LogP contribution in [0.4, 0.5) is 5.69 Å². The number of carbonyl (C=O) groups excluding carboxylic acids is 1. The SMILES string of the molecule is COC(C)c1cccc(NCC(=O)NCCC(c2ccccc2)c2ccccc2)c1. The lowest BCUT2D eigenvalue weighted by Crippen LogP contribution is -2.31. The third kappa shape index (κ3) is 6.19. The number of methoxy groups -OCH3 is 1. The van der Waals surface area contributed by atoms with Crippen molar-refractivity contribution in [2.75, 3.05) is 25.5 Å². The molecule has 0 saturated heterocycles. The summed E-state index contributed by atoms with van der Waals surface area (Å²) in [5.41, 5.74) is 4.52. The summed E-state index contributed by atoms with van der Waals surface area (Å²) in [4.78, 5) is 12.3. The lowest BCUT2D eigenvalue weighted by molar-refractivity contribution is -0.119. The van der Waals surface area contributed by atoms with Crippen LogP contribution in [0.5, 0.6) is 0 Å². The Hall–Kier alpha value is -3.11. The van der Waals surface area contributed by atoms with Gasteiger partial charge in [-0.1, -0.05) is 72.8 Å². The van der Waals surface area contributed by atoms with Crippen LogP contribution in [-0.4, -0.2) is 26.1 Å². The Kier molecular flexibility index (Phi) is 8.04. The largest absolute Gasteiger partial charge is 0.377 e. The van der Waals surface area contributed by atoms with Crippen LogP contribution in [0.15, 0.2) is 84.9 Å². The van der Waals surface area contributed by atoms with Gasteiger partial charge in [0.2, 0.25) is 5.91 Å². The van der Waals surface area contributed by atoms with Crippen LogP contribution >= 0.6 is 0 Å². The average molecular weight is 403 g/mol. The highest BCUT2D eigenvalue weighted by Gasteiger charge is 2.14. The Labute approximate surface area is 179 Å². The molecular weight excluding hydrogens is 372 g/mol. The van der Waals surface area contributed by atoms with Crippen LogP contribution in [0.3, 0.4) is 0 Å². The molecule has 4 nitrogen and oxygen atoms in total. The van der Waals surface area contributed by atoms with Crippen LogP contribution in [0, 0.1) is 0 Å². The van der Waals surface area contributed by atoms with Crippen LogP contribution in [0.1, 0.15) is 42.1 Å². The van der Waals surface area contributed by atoms with Gasteiger partial charge in [0.15, 0.2) is 0 Å². The van der Waals surface area contributed by atoms with Crippen molar-refractivity contribution in [2.45, 2.75) is 25.4 Å².